The molecular weight excluding hydrogens is 524 g/mol. The topological polar surface area (TPSA) is 94.0 Å². The SMILES string of the molecule is CCCCCCCCCCCCCCCCCC(=O)NC1=NN(c2ccccc2)C(=O)/C1=C\c1ccc(O)c(NC)c1. The monoisotopic (exact) mass is 574 g/mol. The standard InChI is InChI=1S/C35H50N4O3/c1-3-4-5-6-7-8-9-10-11-12-13-14-15-16-20-23-33(41)37-34-30(26-28-24-25-32(40)31(27-28)36-2)35(42)39(38-34)29-21-18-17-19-22-29/h17-19,21-22,24-27,36,40H,3-16,20,23H2,1-2H3,(H,37,38,41)/b30-26-. The maximum atomic E-state index is 13.4. The number of para-hydroxylation sites is 1. The lowest BCUT2D eigenvalue weighted by Crippen LogP contribution is -2.31. The van der Waals surface area contributed by atoms with E-state index in [-0.39, 0.29) is 23.4 Å². The number of nitrogens with zero attached hydrogens (tertiary/aromatic N) is 2. The van der Waals surface area contributed by atoms with Gasteiger partial charge in [0.2, 0.25) is 5.91 Å². The Bertz CT molecular complexity index is 1180. The number of hydrogen-bond donors (Lipinski definition) is 3. The molecular formula is C35H50N4O3. The van der Waals surface area contributed by atoms with E-state index in [9.17, 15) is 14.7 Å². The molecule has 0 atom stereocenters. The van der Waals surface area contributed by atoms with Crippen molar-refractivity contribution in [2.24, 2.45) is 5.10 Å². The molecule has 0 aliphatic carbocycles. The highest BCUT2D eigenvalue weighted by atomic mass is 16.3. The molecule has 0 radical (unpaired) electrons. The van der Waals surface area contributed by atoms with Crippen molar-refractivity contribution < 1.29 is 14.7 Å². The van der Waals surface area contributed by atoms with Gasteiger partial charge in [-0.3, -0.25) is 9.59 Å². The van der Waals surface area contributed by atoms with Crippen LogP contribution in [0.1, 0.15) is 115 Å². The van der Waals surface area contributed by atoms with Gasteiger partial charge in [0.15, 0.2) is 5.84 Å². The van der Waals surface area contributed by atoms with Crippen molar-refractivity contribution in [3.63, 3.8) is 0 Å². The first-order valence-corrected chi connectivity index (χ1v) is 16.0. The van der Waals surface area contributed by atoms with Gasteiger partial charge >= 0.3 is 0 Å². The van der Waals surface area contributed by atoms with E-state index in [4.69, 9.17) is 0 Å². The predicted octanol–water partition coefficient (Wildman–Crippen LogP) is 8.56. The molecule has 1 aliphatic rings. The first-order chi connectivity index (χ1) is 20.5. The number of phenols is 1. The summed E-state index contributed by atoms with van der Waals surface area (Å²) in [5.41, 5.74) is 2.18. The quantitative estimate of drug-likeness (QED) is 0.0890. The Morgan fingerprint density at radius 3 is 1.98 bits per heavy atom. The molecule has 0 unspecified atom stereocenters. The van der Waals surface area contributed by atoms with E-state index < -0.39 is 0 Å². The Morgan fingerprint density at radius 1 is 0.833 bits per heavy atom. The van der Waals surface area contributed by atoms with Crippen LogP contribution in [0.2, 0.25) is 0 Å². The highest BCUT2D eigenvalue weighted by molar-refractivity contribution is 6.34. The number of aromatic hydroxyl groups is 1. The maximum absolute atomic E-state index is 13.4. The van der Waals surface area contributed by atoms with Gasteiger partial charge in [-0.15, -0.1) is 5.10 Å². The molecule has 3 rings (SSSR count). The van der Waals surface area contributed by atoms with Crippen LogP contribution < -0.4 is 15.6 Å². The summed E-state index contributed by atoms with van der Waals surface area (Å²) in [4.78, 5) is 26.2. The first kappa shape index (κ1) is 32.9. The van der Waals surface area contributed by atoms with Crippen molar-refractivity contribution in [3.05, 3.63) is 59.7 Å². The van der Waals surface area contributed by atoms with Crippen LogP contribution in [-0.4, -0.2) is 29.8 Å². The zero-order chi connectivity index (χ0) is 30.0. The van der Waals surface area contributed by atoms with Crippen molar-refractivity contribution in [3.8, 4) is 5.75 Å². The zero-order valence-corrected chi connectivity index (χ0v) is 25.7. The lowest BCUT2D eigenvalue weighted by Gasteiger charge is -2.10. The van der Waals surface area contributed by atoms with Crippen LogP contribution in [0.4, 0.5) is 11.4 Å². The Balaban J connectivity index is 1.42. The fourth-order valence-electron chi connectivity index (χ4n) is 5.24. The number of hydrogen-bond acceptors (Lipinski definition) is 5. The number of carbonyl (C=O) groups is 2. The van der Waals surface area contributed by atoms with Crippen LogP contribution in [0.25, 0.3) is 6.08 Å². The fraction of sp³-hybridized carbons (Fsp3) is 0.514. The van der Waals surface area contributed by atoms with Gasteiger partial charge in [0, 0.05) is 13.5 Å². The molecule has 0 saturated carbocycles. The van der Waals surface area contributed by atoms with E-state index in [2.05, 4.69) is 22.7 Å². The molecule has 2 aromatic rings. The maximum Gasteiger partial charge on any atom is 0.282 e. The fourth-order valence-corrected chi connectivity index (χ4v) is 5.24. The summed E-state index contributed by atoms with van der Waals surface area (Å²) in [7, 11) is 1.72. The minimum atomic E-state index is -0.317. The number of unbranched alkanes of at least 4 members (excludes halogenated alkanes) is 14. The zero-order valence-electron chi connectivity index (χ0n) is 25.7. The van der Waals surface area contributed by atoms with Gasteiger partial charge in [-0.25, -0.2) is 0 Å². The molecule has 42 heavy (non-hydrogen) atoms. The van der Waals surface area contributed by atoms with Gasteiger partial charge in [0.1, 0.15) is 5.75 Å². The van der Waals surface area contributed by atoms with Crippen molar-refractivity contribution >= 4 is 35.1 Å². The minimum absolute atomic E-state index is 0.119. The number of carbonyl (C=O) groups excluding carboxylic acids is 2. The van der Waals surface area contributed by atoms with Crippen LogP contribution in [0.3, 0.4) is 0 Å². The summed E-state index contributed by atoms with van der Waals surface area (Å²) in [6.07, 6.45) is 21.3. The van der Waals surface area contributed by atoms with Gasteiger partial charge in [-0.2, -0.15) is 5.01 Å². The molecule has 1 aliphatic heterocycles. The summed E-state index contributed by atoms with van der Waals surface area (Å²) >= 11 is 0. The third-order valence-electron chi connectivity index (χ3n) is 7.74. The molecule has 1 heterocycles. The number of amides is 2. The highest BCUT2D eigenvalue weighted by Crippen LogP contribution is 2.28. The molecule has 228 valence electrons. The molecule has 0 bridgehead atoms. The normalized spacial score (nSPS) is 14.0. The number of hydrazone groups is 1. The van der Waals surface area contributed by atoms with E-state index >= 15 is 0 Å². The minimum Gasteiger partial charge on any atom is -0.506 e. The van der Waals surface area contributed by atoms with E-state index in [1.165, 1.54) is 82.1 Å². The molecule has 0 aromatic heterocycles. The number of benzene rings is 2. The molecule has 2 aromatic carbocycles. The van der Waals surface area contributed by atoms with E-state index in [0.717, 1.165) is 19.3 Å². The molecule has 3 N–H and O–H groups in total. The Labute approximate surface area is 252 Å². The van der Waals surface area contributed by atoms with Crippen molar-refractivity contribution in [1.29, 1.82) is 0 Å². The highest BCUT2D eigenvalue weighted by Gasteiger charge is 2.32. The summed E-state index contributed by atoms with van der Waals surface area (Å²) < 4.78 is 0. The average molecular weight is 575 g/mol. The molecule has 0 spiro atoms. The second kappa shape index (κ2) is 18.7. The second-order valence-electron chi connectivity index (χ2n) is 11.2. The smallest absolute Gasteiger partial charge is 0.282 e. The lowest BCUT2D eigenvalue weighted by atomic mass is 10.0. The summed E-state index contributed by atoms with van der Waals surface area (Å²) in [5.74, 6) is -0.0934. The second-order valence-corrected chi connectivity index (χ2v) is 11.2. The number of anilines is 2. The number of rotatable bonds is 19. The van der Waals surface area contributed by atoms with Crippen LogP contribution in [0.5, 0.6) is 5.75 Å². The molecule has 0 fully saturated rings. The van der Waals surface area contributed by atoms with E-state index in [1.807, 2.05) is 18.2 Å². The number of amidine groups is 1. The molecule has 7 heteroatoms. The van der Waals surface area contributed by atoms with Crippen LogP contribution >= 0.6 is 0 Å². The lowest BCUT2D eigenvalue weighted by molar-refractivity contribution is -0.119. The van der Waals surface area contributed by atoms with Gasteiger partial charge in [0.05, 0.1) is 16.9 Å². The Hall–Kier alpha value is -3.61. The summed E-state index contributed by atoms with van der Waals surface area (Å²) in [6, 6.07) is 14.2. The van der Waals surface area contributed by atoms with Crippen LogP contribution in [0, 0.1) is 0 Å². The number of nitrogens with one attached hydrogen (secondary N) is 2. The van der Waals surface area contributed by atoms with Gasteiger partial charge < -0.3 is 15.7 Å². The van der Waals surface area contributed by atoms with Crippen LogP contribution in [-0.2, 0) is 9.59 Å². The Morgan fingerprint density at radius 2 is 1.40 bits per heavy atom. The summed E-state index contributed by atoms with van der Waals surface area (Å²) in [6.45, 7) is 2.27. The van der Waals surface area contributed by atoms with Gasteiger partial charge in [0.25, 0.3) is 5.91 Å². The molecule has 7 nitrogen and oxygen atoms in total. The average Bonchev–Trinajstić information content (AvgIpc) is 3.30. The molecule has 0 saturated heterocycles. The van der Waals surface area contributed by atoms with Crippen molar-refractivity contribution in [2.75, 3.05) is 17.4 Å². The van der Waals surface area contributed by atoms with E-state index in [1.54, 1.807) is 43.5 Å². The van der Waals surface area contributed by atoms with E-state index in [0.29, 0.717) is 28.9 Å². The van der Waals surface area contributed by atoms with Crippen molar-refractivity contribution in [2.45, 2.75) is 110 Å². The third-order valence-corrected chi connectivity index (χ3v) is 7.74. The first-order valence-electron chi connectivity index (χ1n) is 16.0. The summed E-state index contributed by atoms with van der Waals surface area (Å²) in [5, 5.41) is 21.6. The van der Waals surface area contributed by atoms with Gasteiger partial charge in [-0.05, 0) is 42.3 Å². The van der Waals surface area contributed by atoms with Crippen molar-refractivity contribution in [1.82, 2.24) is 5.32 Å². The third kappa shape index (κ3) is 11.0. The van der Waals surface area contributed by atoms with Crippen LogP contribution in [0.15, 0.2) is 59.2 Å². The van der Waals surface area contributed by atoms with Gasteiger partial charge in [-0.1, -0.05) is 121 Å². The number of phenolic OH excluding ortho intramolecular Hbond substituents is 1. The Kier molecular flexibility index (Phi) is 14.7. The largest absolute Gasteiger partial charge is 0.506 e. The molecule has 2 amide bonds. The predicted molar refractivity (Wildman–Crippen MR) is 175 cm³/mol.